The smallest absolute Gasteiger partial charge is 0.272 e. The Morgan fingerprint density at radius 2 is 2.17 bits per heavy atom. The van der Waals surface area contributed by atoms with Crippen LogP contribution in [0.4, 0.5) is 26.9 Å². The molecule has 1 aromatic carbocycles. The Balaban J connectivity index is 1.78. The third kappa shape index (κ3) is 3.29. The molecule has 0 radical (unpaired) electrons. The van der Waals surface area contributed by atoms with Gasteiger partial charge >= 0.3 is 0 Å². The molecule has 7 nitrogen and oxygen atoms in total. The summed E-state index contributed by atoms with van der Waals surface area (Å²) in [7, 11) is 0. The lowest BCUT2D eigenvalue weighted by atomic mass is 10.3. The number of anilines is 4. The van der Waals surface area contributed by atoms with Gasteiger partial charge in [-0.3, -0.25) is 10.1 Å². The third-order valence-electron chi connectivity index (χ3n) is 2.84. The zero-order chi connectivity index (χ0) is 16.4. The second-order valence-electron chi connectivity index (χ2n) is 4.62. The van der Waals surface area contributed by atoms with Gasteiger partial charge in [-0.1, -0.05) is 28.6 Å². The van der Waals surface area contributed by atoms with Crippen LogP contribution >= 0.6 is 11.3 Å². The van der Waals surface area contributed by atoms with Crippen molar-refractivity contribution in [1.29, 1.82) is 0 Å². The van der Waals surface area contributed by atoms with E-state index in [0.717, 1.165) is 11.3 Å². The van der Waals surface area contributed by atoms with Gasteiger partial charge in [0.1, 0.15) is 16.5 Å². The molecule has 2 aromatic heterocycles. The van der Waals surface area contributed by atoms with Gasteiger partial charge in [0.05, 0.1) is 11.4 Å². The Hall–Kier alpha value is -2.94. The van der Waals surface area contributed by atoms with Crippen LogP contribution in [-0.2, 0) is 0 Å². The minimum Gasteiger partial charge on any atom is -0.382 e. The van der Waals surface area contributed by atoms with E-state index in [1.54, 1.807) is 31.2 Å². The molecule has 0 atom stereocenters. The average Bonchev–Trinajstić information content (AvgIpc) is 3.07. The lowest BCUT2D eigenvalue weighted by Gasteiger charge is -2.02. The number of amides is 1. The van der Waals surface area contributed by atoms with Crippen molar-refractivity contribution in [2.45, 2.75) is 6.92 Å². The van der Waals surface area contributed by atoms with Crippen LogP contribution in [0.5, 0.6) is 0 Å². The highest BCUT2D eigenvalue weighted by Gasteiger charge is 2.18. The van der Waals surface area contributed by atoms with E-state index in [1.807, 2.05) is 0 Å². The summed E-state index contributed by atoms with van der Waals surface area (Å²) in [6, 6.07) is 7.72. The minimum absolute atomic E-state index is 0.0441. The Labute approximate surface area is 134 Å². The van der Waals surface area contributed by atoms with E-state index in [1.165, 1.54) is 6.07 Å². The van der Waals surface area contributed by atoms with E-state index in [-0.39, 0.29) is 22.3 Å². The van der Waals surface area contributed by atoms with E-state index in [4.69, 9.17) is 10.3 Å². The molecule has 0 bridgehead atoms. The van der Waals surface area contributed by atoms with Crippen molar-refractivity contribution in [2.24, 2.45) is 0 Å². The van der Waals surface area contributed by atoms with Crippen molar-refractivity contribution in [3.63, 3.8) is 0 Å². The summed E-state index contributed by atoms with van der Waals surface area (Å²) in [4.78, 5) is 16.4. The van der Waals surface area contributed by atoms with Gasteiger partial charge in [-0.05, 0) is 19.1 Å². The standard InChI is InChI=1S/C14H12FN5O2S/c1-7-6-10(22-20-7)18-13(21)11-12(16)19-14(23-11)17-9-5-3-2-4-8(9)15/h2-6H,16H2,1H3,(H,17,19)(H,18,21). The number of rotatable bonds is 4. The number of nitrogen functional groups attached to an aromatic ring is 1. The first-order valence-corrected chi connectivity index (χ1v) is 7.37. The fourth-order valence-electron chi connectivity index (χ4n) is 1.82. The first-order valence-electron chi connectivity index (χ1n) is 6.55. The summed E-state index contributed by atoms with van der Waals surface area (Å²) in [5, 5.41) is 9.30. The normalized spacial score (nSPS) is 10.5. The van der Waals surface area contributed by atoms with Crippen LogP contribution in [0.15, 0.2) is 34.9 Å². The predicted molar refractivity (Wildman–Crippen MR) is 85.4 cm³/mol. The van der Waals surface area contributed by atoms with Crippen molar-refractivity contribution >= 4 is 39.8 Å². The number of nitrogens with zero attached hydrogens (tertiary/aromatic N) is 2. The number of para-hydroxylation sites is 1. The van der Waals surface area contributed by atoms with Crippen molar-refractivity contribution in [2.75, 3.05) is 16.4 Å². The van der Waals surface area contributed by atoms with E-state index in [0.29, 0.717) is 10.8 Å². The lowest BCUT2D eigenvalue weighted by molar-refractivity contribution is 0.102. The summed E-state index contributed by atoms with van der Waals surface area (Å²) >= 11 is 1.01. The highest BCUT2D eigenvalue weighted by atomic mass is 32.1. The van der Waals surface area contributed by atoms with Gasteiger partial charge in [0.15, 0.2) is 5.13 Å². The molecule has 0 saturated heterocycles. The van der Waals surface area contributed by atoms with Gasteiger partial charge < -0.3 is 15.6 Å². The number of carbonyl (C=O) groups excluding carboxylic acids is 1. The van der Waals surface area contributed by atoms with Crippen LogP contribution in [0.2, 0.25) is 0 Å². The molecule has 3 aromatic rings. The number of aromatic nitrogens is 2. The van der Waals surface area contributed by atoms with Gasteiger partial charge in [-0.2, -0.15) is 0 Å². The van der Waals surface area contributed by atoms with Crippen LogP contribution in [0, 0.1) is 12.7 Å². The molecular formula is C14H12FN5O2S. The van der Waals surface area contributed by atoms with Crippen molar-refractivity contribution < 1.29 is 13.7 Å². The maximum absolute atomic E-state index is 13.6. The number of hydrogen-bond donors (Lipinski definition) is 3. The number of nitrogens with two attached hydrogens (primary N) is 1. The number of hydrogen-bond acceptors (Lipinski definition) is 7. The molecule has 0 spiro atoms. The summed E-state index contributed by atoms with van der Waals surface area (Å²) in [6.07, 6.45) is 0. The summed E-state index contributed by atoms with van der Waals surface area (Å²) in [5.41, 5.74) is 6.64. The van der Waals surface area contributed by atoms with E-state index in [2.05, 4.69) is 20.8 Å². The van der Waals surface area contributed by atoms with Gasteiger partial charge in [0.25, 0.3) is 5.91 Å². The first-order chi connectivity index (χ1) is 11.0. The zero-order valence-corrected chi connectivity index (χ0v) is 12.8. The fraction of sp³-hybridized carbons (Fsp3) is 0.0714. The molecule has 9 heteroatoms. The fourth-order valence-corrected chi connectivity index (χ4v) is 2.61. The van der Waals surface area contributed by atoms with Gasteiger partial charge in [0, 0.05) is 6.07 Å². The van der Waals surface area contributed by atoms with Crippen LogP contribution < -0.4 is 16.4 Å². The molecule has 1 amide bonds. The third-order valence-corrected chi connectivity index (χ3v) is 3.83. The van der Waals surface area contributed by atoms with Crippen molar-refractivity contribution in [3.05, 3.63) is 46.7 Å². The summed E-state index contributed by atoms with van der Waals surface area (Å²) in [6.45, 7) is 1.73. The lowest BCUT2D eigenvalue weighted by Crippen LogP contribution is -2.11. The second-order valence-corrected chi connectivity index (χ2v) is 5.62. The Bertz CT molecular complexity index is 860. The van der Waals surface area contributed by atoms with Crippen LogP contribution in [-0.4, -0.2) is 16.0 Å². The van der Waals surface area contributed by atoms with E-state index >= 15 is 0 Å². The molecule has 0 saturated carbocycles. The number of carbonyl (C=O) groups is 1. The molecule has 2 heterocycles. The molecule has 3 rings (SSSR count). The van der Waals surface area contributed by atoms with Crippen molar-refractivity contribution in [3.8, 4) is 0 Å². The van der Waals surface area contributed by atoms with Gasteiger partial charge in [-0.15, -0.1) is 0 Å². The highest BCUT2D eigenvalue weighted by molar-refractivity contribution is 7.18. The molecule has 118 valence electrons. The molecule has 0 fully saturated rings. The second kappa shape index (κ2) is 6.05. The molecule has 0 aliphatic rings. The molecule has 0 aliphatic heterocycles. The highest BCUT2D eigenvalue weighted by Crippen LogP contribution is 2.29. The van der Waals surface area contributed by atoms with E-state index in [9.17, 15) is 9.18 Å². The first kappa shape index (κ1) is 15.0. The average molecular weight is 333 g/mol. The monoisotopic (exact) mass is 333 g/mol. The molecule has 0 unspecified atom stereocenters. The van der Waals surface area contributed by atoms with Crippen LogP contribution in [0.1, 0.15) is 15.4 Å². The maximum Gasteiger partial charge on any atom is 0.272 e. The summed E-state index contributed by atoms with van der Waals surface area (Å²) in [5.74, 6) is -0.645. The predicted octanol–water partition coefficient (Wildman–Crippen LogP) is 3.16. The zero-order valence-electron chi connectivity index (χ0n) is 12.0. The SMILES string of the molecule is Cc1cc(NC(=O)c2sc(Nc3ccccc3F)nc2N)on1. The van der Waals surface area contributed by atoms with Gasteiger partial charge in [0.2, 0.25) is 5.88 Å². The maximum atomic E-state index is 13.6. The van der Waals surface area contributed by atoms with Crippen LogP contribution in [0.25, 0.3) is 0 Å². The molecule has 0 aliphatic carbocycles. The largest absolute Gasteiger partial charge is 0.382 e. The number of benzene rings is 1. The Morgan fingerprint density at radius 1 is 1.39 bits per heavy atom. The molecule has 4 N–H and O–H groups in total. The molecular weight excluding hydrogens is 321 g/mol. The quantitative estimate of drug-likeness (QED) is 0.677. The topological polar surface area (TPSA) is 106 Å². The Morgan fingerprint density at radius 3 is 2.87 bits per heavy atom. The van der Waals surface area contributed by atoms with Crippen LogP contribution in [0.3, 0.4) is 0 Å². The van der Waals surface area contributed by atoms with E-state index < -0.39 is 11.7 Å². The number of aryl methyl sites for hydroxylation is 1. The molecule has 23 heavy (non-hydrogen) atoms. The summed E-state index contributed by atoms with van der Waals surface area (Å²) < 4.78 is 18.5. The minimum atomic E-state index is -0.474. The van der Waals surface area contributed by atoms with Gasteiger partial charge in [-0.25, -0.2) is 9.37 Å². The number of nitrogens with one attached hydrogen (secondary N) is 2. The Kier molecular flexibility index (Phi) is 3.94. The number of thiazole rings is 1. The van der Waals surface area contributed by atoms with Crippen molar-refractivity contribution in [1.82, 2.24) is 10.1 Å². The number of halogens is 1.